The second-order valence-corrected chi connectivity index (χ2v) is 20.9. The van der Waals surface area contributed by atoms with Crippen LogP contribution in [0.2, 0.25) is 0 Å². The van der Waals surface area contributed by atoms with E-state index in [2.05, 4.69) is 30.1 Å². The molecule has 2 saturated heterocycles. The second-order valence-electron chi connectivity index (χ2n) is 20.9. The van der Waals surface area contributed by atoms with E-state index in [9.17, 15) is 24.3 Å². The van der Waals surface area contributed by atoms with Crippen LogP contribution in [0.4, 0.5) is 5.82 Å². The molecule has 22 nitrogen and oxygen atoms in total. The molecule has 14 rings (SSSR count). The molecule has 440 valence electrons. The van der Waals surface area contributed by atoms with E-state index in [1.807, 2.05) is 86.6 Å². The molecule has 22 heteroatoms. The van der Waals surface area contributed by atoms with Crippen LogP contribution in [0.5, 0.6) is 46.0 Å². The van der Waals surface area contributed by atoms with Gasteiger partial charge in [0.25, 0.3) is 0 Å². The standard InChI is InChI=1S/C33H28N4O6.C17H18N2O4.C15H11N3O3/c1-20-2-4-21(5-3-20)26-18-37(23-9-12-40-13-10-23)36-32(33(26)39)28(38)14-22-6-7-24(17-35-22)43-29-8-11-34-27-16-31-30(15-25(27)29)41-19-42-31;1-11-2-4-12(5-3-11)14-10-19(13-6-8-23-9-7-13)18-15(16(14)20)17(21)22;16-15-2-1-9(7-18-15)21-12-3-4-17-11-6-14-13(5-10(11)12)19-8-20-14/h2-8,11,15-18,23H,9-10,12-14,19H2,1H3;2-5,10,13H,6-9H2,1H3,(H,21,22);1-7H,8H2,(H2,16,18). The van der Waals surface area contributed by atoms with E-state index in [0.717, 1.165) is 58.7 Å². The lowest BCUT2D eigenvalue weighted by Gasteiger charge is -2.24. The van der Waals surface area contributed by atoms with Gasteiger partial charge in [0.2, 0.25) is 30.1 Å². The van der Waals surface area contributed by atoms with Gasteiger partial charge in [-0.2, -0.15) is 10.2 Å². The topological polar surface area (TPSA) is 276 Å². The van der Waals surface area contributed by atoms with Gasteiger partial charge in [0.1, 0.15) is 28.8 Å². The van der Waals surface area contributed by atoms with Gasteiger partial charge in [-0.25, -0.2) is 9.78 Å². The van der Waals surface area contributed by atoms with Crippen LogP contribution in [0.1, 0.15) is 75.6 Å². The predicted octanol–water partition coefficient (Wildman–Crippen LogP) is 10.5. The number of Topliss-reactive ketones (excluding diaryl/α,β-unsaturated/α-hetero) is 1. The fourth-order valence-corrected chi connectivity index (χ4v) is 10.2. The van der Waals surface area contributed by atoms with E-state index < -0.39 is 22.9 Å². The number of carbonyl (C=O) groups excluding carboxylic acids is 1. The number of ether oxygens (including phenoxy) is 8. The highest BCUT2D eigenvalue weighted by Gasteiger charge is 2.26. The van der Waals surface area contributed by atoms with E-state index in [0.29, 0.717) is 106 Å². The number of aryl methyl sites for hydroxylation is 2. The third-order valence-electron chi connectivity index (χ3n) is 14.9. The fraction of sp³-hybridized carbons (Fsp3) is 0.231. The van der Waals surface area contributed by atoms with Gasteiger partial charge >= 0.3 is 5.97 Å². The Balaban J connectivity index is 0.000000141. The Bertz CT molecular complexity index is 4300. The van der Waals surface area contributed by atoms with Crippen LogP contribution in [-0.4, -0.2) is 96.4 Å². The minimum Gasteiger partial charge on any atom is -0.476 e. The van der Waals surface area contributed by atoms with Crippen LogP contribution in [0.25, 0.3) is 44.1 Å². The van der Waals surface area contributed by atoms with Crippen LogP contribution in [-0.2, 0) is 15.9 Å². The fourth-order valence-electron chi connectivity index (χ4n) is 10.2. The molecule has 4 aromatic carbocycles. The zero-order chi connectivity index (χ0) is 60.0. The largest absolute Gasteiger partial charge is 0.476 e. The van der Waals surface area contributed by atoms with Crippen molar-refractivity contribution in [2.24, 2.45) is 0 Å². The Hall–Kier alpha value is -10.6. The maximum Gasteiger partial charge on any atom is 0.360 e. The molecule has 4 aliphatic rings. The molecule has 87 heavy (non-hydrogen) atoms. The maximum absolute atomic E-state index is 13.6. The number of anilines is 1. The number of carbonyl (C=O) groups is 2. The number of rotatable bonds is 12. The molecule has 0 atom stereocenters. The third kappa shape index (κ3) is 12.9. The van der Waals surface area contributed by atoms with Crippen molar-refractivity contribution in [1.82, 2.24) is 39.5 Å². The first-order valence-electron chi connectivity index (χ1n) is 28.1. The second kappa shape index (κ2) is 25.3. The normalized spacial score (nSPS) is 14.4. The molecule has 4 aliphatic heterocycles. The highest BCUT2D eigenvalue weighted by Crippen LogP contribution is 2.41. The van der Waals surface area contributed by atoms with Gasteiger partial charge in [-0.15, -0.1) is 0 Å². The zero-order valence-corrected chi connectivity index (χ0v) is 47.3. The van der Waals surface area contributed by atoms with E-state index >= 15 is 0 Å². The zero-order valence-electron chi connectivity index (χ0n) is 47.3. The van der Waals surface area contributed by atoms with E-state index in [4.69, 9.17) is 43.6 Å². The summed E-state index contributed by atoms with van der Waals surface area (Å²) in [5.74, 6) is 3.77. The van der Waals surface area contributed by atoms with Gasteiger partial charge in [0.15, 0.2) is 34.5 Å². The Morgan fingerprint density at radius 2 is 1.01 bits per heavy atom. The number of carboxylic acids is 1. The molecule has 10 heterocycles. The van der Waals surface area contributed by atoms with Gasteiger partial charge in [-0.05, 0) is 99.2 Å². The Kier molecular flexibility index (Phi) is 16.6. The van der Waals surface area contributed by atoms with Gasteiger partial charge in [-0.1, -0.05) is 59.7 Å². The first-order chi connectivity index (χ1) is 42.4. The summed E-state index contributed by atoms with van der Waals surface area (Å²) in [6.45, 7) is 6.79. The number of hydrogen-bond donors (Lipinski definition) is 2. The van der Waals surface area contributed by atoms with Crippen molar-refractivity contribution in [3.8, 4) is 68.2 Å². The van der Waals surface area contributed by atoms with Crippen molar-refractivity contribution in [3.05, 3.63) is 195 Å². The smallest absolute Gasteiger partial charge is 0.360 e. The summed E-state index contributed by atoms with van der Waals surface area (Å²) >= 11 is 0. The number of aromatic carboxylic acids is 1. The van der Waals surface area contributed by atoms with E-state index in [1.165, 1.54) is 0 Å². The molecule has 0 bridgehead atoms. The summed E-state index contributed by atoms with van der Waals surface area (Å²) < 4.78 is 47.9. The number of aromatic nitrogens is 8. The quantitative estimate of drug-likeness (QED) is 0.108. The summed E-state index contributed by atoms with van der Waals surface area (Å²) in [4.78, 5) is 68.1. The first kappa shape index (κ1) is 56.9. The maximum atomic E-state index is 13.6. The number of nitrogens with two attached hydrogens (primary N) is 1. The van der Waals surface area contributed by atoms with Crippen LogP contribution in [0, 0.1) is 13.8 Å². The van der Waals surface area contributed by atoms with E-state index in [1.54, 1.807) is 82.9 Å². The molecule has 0 amide bonds. The Morgan fingerprint density at radius 1 is 0.563 bits per heavy atom. The number of nitrogen functional groups attached to an aromatic ring is 1. The van der Waals surface area contributed by atoms with E-state index in [-0.39, 0.29) is 43.2 Å². The molecule has 6 aromatic heterocycles. The highest BCUT2D eigenvalue weighted by molar-refractivity contribution is 5.96. The molecule has 0 unspecified atom stereocenters. The number of nitrogens with zero attached hydrogens (tertiary/aromatic N) is 8. The predicted molar refractivity (Wildman–Crippen MR) is 319 cm³/mol. The van der Waals surface area contributed by atoms with Crippen LogP contribution >= 0.6 is 0 Å². The summed E-state index contributed by atoms with van der Waals surface area (Å²) in [7, 11) is 0. The van der Waals surface area contributed by atoms with Crippen molar-refractivity contribution >= 4 is 39.4 Å². The lowest BCUT2D eigenvalue weighted by molar-refractivity contribution is 0.0631. The van der Waals surface area contributed by atoms with Gasteiger partial charge in [-0.3, -0.25) is 38.7 Å². The van der Waals surface area contributed by atoms with Crippen molar-refractivity contribution in [2.75, 3.05) is 45.7 Å². The minimum atomic E-state index is -1.30. The Labute approximate surface area is 496 Å². The molecule has 2 fully saturated rings. The average molecular weight is 1170 g/mol. The number of fused-ring (bicyclic) bond motifs is 4. The van der Waals surface area contributed by atoms with Crippen molar-refractivity contribution in [1.29, 1.82) is 0 Å². The summed E-state index contributed by atoms with van der Waals surface area (Å²) in [6, 6.07) is 33.1. The number of carboxylic acid groups (broad SMARTS) is 1. The molecular weight excluding hydrogens is 1110 g/mol. The molecule has 0 radical (unpaired) electrons. The lowest BCUT2D eigenvalue weighted by Crippen LogP contribution is -2.29. The van der Waals surface area contributed by atoms with Crippen LogP contribution < -0.4 is 45.0 Å². The number of ketones is 1. The van der Waals surface area contributed by atoms with Gasteiger partial charge < -0.3 is 48.7 Å². The summed E-state index contributed by atoms with van der Waals surface area (Å²) in [6.07, 6.45) is 12.9. The number of pyridine rings is 4. The molecule has 0 saturated carbocycles. The molecule has 0 spiro atoms. The summed E-state index contributed by atoms with van der Waals surface area (Å²) in [5.41, 5.74) is 10.5. The average Bonchev–Trinajstić information content (AvgIpc) is 3.10. The minimum absolute atomic E-state index is 0.0454. The first-order valence-corrected chi connectivity index (χ1v) is 28.1. The van der Waals surface area contributed by atoms with Crippen molar-refractivity contribution in [3.63, 3.8) is 0 Å². The third-order valence-corrected chi connectivity index (χ3v) is 14.9. The van der Waals surface area contributed by atoms with Gasteiger partial charge in [0, 0.05) is 90.9 Å². The van der Waals surface area contributed by atoms with Gasteiger partial charge in [0.05, 0.1) is 41.9 Å². The van der Waals surface area contributed by atoms with Crippen molar-refractivity contribution in [2.45, 2.75) is 58.0 Å². The monoisotopic (exact) mass is 1170 g/mol. The molecular formula is C65H57N9O13. The molecule has 3 N–H and O–H groups in total. The Morgan fingerprint density at radius 3 is 1.46 bits per heavy atom. The van der Waals surface area contributed by atoms with Crippen LogP contribution in [0.3, 0.4) is 0 Å². The summed E-state index contributed by atoms with van der Waals surface area (Å²) in [5, 5.41) is 19.5. The lowest BCUT2D eigenvalue weighted by atomic mass is 10.0. The van der Waals surface area contributed by atoms with Crippen molar-refractivity contribution < 1.29 is 52.6 Å². The van der Waals surface area contributed by atoms with Crippen LogP contribution in [0.15, 0.2) is 156 Å². The molecule has 0 aliphatic carbocycles. The highest BCUT2D eigenvalue weighted by atomic mass is 16.7. The number of benzene rings is 4. The number of hydrogen-bond acceptors (Lipinski definition) is 19. The SMILES string of the molecule is Cc1ccc(-c2cn(C3CCOCC3)nc(C(=O)Cc3ccc(Oc4ccnc5cc6c(cc45)OCO6)cn3)c2=O)cc1.Cc1ccc(-c2cn(C3CCOCC3)nc(C(=O)O)c2=O)cc1.Nc1ccc(Oc2ccnc3cc4c(cc23)OCO4)cn1. The molecule has 10 aromatic rings.